The Morgan fingerprint density at radius 1 is 1.50 bits per heavy atom. The van der Waals surface area contributed by atoms with Crippen molar-refractivity contribution in [3.05, 3.63) is 29.3 Å². The second kappa shape index (κ2) is 5.60. The van der Waals surface area contributed by atoms with Crippen molar-refractivity contribution in [2.45, 2.75) is 25.1 Å². The minimum Gasteiger partial charge on any atom is -0.384 e. The fourth-order valence-electron chi connectivity index (χ4n) is 2.05. The van der Waals surface area contributed by atoms with Gasteiger partial charge in [0.15, 0.2) is 0 Å². The predicted octanol–water partition coefficient (Wildman–Crippen LogP) is 2.50. The summed E-state index contributed by atoms with van der Waals surface area (Å²) in [5.41, 5.74) is 4.24. The monoisotopic (exact) mass is 236 g/mol. The van der Waals surface area contributed by atoms with Gasteiger partial charge in [-0.3, -0.25) is 0 Å². The Morgan fingerprint density at radius 2 is 2.38 bits per heavy atom. The van der Waals surface area contributed by atoms with Crippen molar-refractivity contribution in [2.75, 3.05) is 24.7 Å². The lowest BCUT2D eigenvalue weighted by Crippen LogP contribution is -2.22. The zero-order valence-corrected chi connectivity index (χ0v) is 10.9. The highest BCUT2D eigenvalue weighted by Gasteiger charge is 2.12. The quantitative estimate of drug-likeness (QED) is 0.821. The topological polar surface area (TPSA) is 24.1 Å². The average Bonchev–Trinajstić information content (AvgIpc) is 2.77. The van der Waals surface area contributed by atoms with Crippen molar-refractivity contribution in [2.24, 2.45) is 0 Å². The molecule has 0 fully saturated rings. The molecule has 2 nitrogen and oxygen atoms in total. The van der Waals surface area contributed by atoms with Crippen LogP contribution in [0.4, 0.5) is 5.69 Å². The Labute approximate surface area is 102 Å². The van der Waals surface area contributed by atoms with E-state index < -0.39 is 0 Å². The highest BCUT2D eigenvalue weighted by Crippen LogP contribution is 2.26. The van der Waals surface area contributed by atoms with E-state index in [1.165, 1.54) is 23.2 Å². The van der Waals surface area contributed by atoms with E-state index in [0.717, 1.165) is 19.6 Å². The molecule has 0 bridgehead atoms. The Morgan fingerprint density at radius 3 is 3.19 bits per heavy atom. The number of benzene rings is 1. The molecule has 1 unspecified atom stereocenters. The van der Waals surface area contributed by atoms with Gasteiger partial charge >= 0.3 is 0 Å². The van der Waals surface area contributed by atoms with Crippen LogP contribution in [0, 0.1) is 0 Å². The van der Waals surface area contributed by atoms with Gasteiger partial charge in [0.05, 0.1) is 0 Å². The number of para-hydroxylation sites is 1. The van der Waals surface area contributed by atoms with Crippen LogP contribution in [0.2, 0.25) is 0 Å². The van der Waals surface area contributed by atoms with E-state index in [0.29, 0.717) is 5.25 Å². The fraction of sp³-hybridized carbons (Fsp3) is 0.538. The van der Waals surface area contributed by atoms with E-state index in [-0.39, 0.29) is 0 Å². The number of anilines is 1. The molecule has 0 saturated heterocycles. The van der Waals surface area contributed by atoms with Gasteiger partial charge in [-0.25, -0.2) is 0 Å². The number of hydrogen-bond acceptors (Lipinski definition) is 3. The lowest BCUT2D eigenvalue weighted by molar-refractivity contribution is 0.685. The van der Waals surface area contributed by atoms with E-state index in [1.54, 1.807) is 0 Å². The van der Waals surface area contributed by atoms with Crippen molar-refractivity contribution in [3.63, 3.8) is 0 Å². The van der Waals surface area contributed by atoms with E-state index in [9.17, 15) is 0 Å². The average molecular weight is 236 g/mol. The van der Waals surface area contributed by atoms with Gasteiger partial charge in [0.1, 0.15) is 0 Å². The van der Waals surface area contributed by atoms with Gasteiger partial charge in [-0.2, -0.15) is 11.8 Å². The predicted molar refractivity (Wildman–Crippen MR) is 73.3 cm³/mol. The molecule has 16 heavy (non-hydrogen) atoms. The third kappa shape index (κ3) is 2.71. The number of rotatable bonds is 5. The fourth-order valence-corrected chi connectivity index (χ4v) is 2.34. The molecule has 3 heteroatoms. The van der Waals surface area contributed by atoms with Gasteiger partial charge in [0.2, 0.25) is 0 Å². The second-order valence-corrected chi connectivity index (χ2v) is 5.58. The normalized spacial score (nSPS) is 15.6. The minimum absolute atomic E-state index is 0.685. The largest absolute Gasteiger partial charge is 0.384 e. The summed E-state index contributed by atoms with van der Waals surface area (Å²) in [6.45, 7) is 5.39. The number of hydrogen-bond donors (Lipinski definition) is 2. The highest BCUT2D eigenvalue weighted by molar-refractivity contribution is 7.99. The zero-order valence-electron chi connectivity index (χ0n) is 10.0. The Kier molecular flexibility index (Phi) is 4.13. The smallest absolute Gasteiger partial charge is 0.0419 e. The molecule has 0 aliphatic carbocycles. The molecule has 2 rings (SSSR count). The van der Waals surface area contributed by atoms with Crippen molar-refractivity contribution in [1.29, 1.82) is 0 Å². The van der Waals surface area contributed by atoms with Crippen molar-refractivity contribution in [3.8, 4) is 0 Å². The molecule has 2 N–H and O–H groups in total. The third-order valence-electron chi connectivity index (χ3n) is 3.08. The van der Waals surface area contributed by atoms with E-state index in [1.807, 2.05) is 11.8 Å². The maximum Gasteiger partial charge on any atom is 0.0419 e. The molecular formula is C13H20N2S. The van der Waals surface area contributed by atoms with Gasteiger partial charge in [-0.05, 0) is 23.8 Å². The lowest BCUT2D eigenvalue weighted by atomic mass is 10.1. The van der Waals surface area contributed by atoms with Crippen LogP contribution >= 0.6 is 11.8 Å². The molecule has 1 aromatic carbocycles. The second-order valence-electron chi connectivity index (χ2n) is 4.31. The molecule has 1 aromatic rings. The van der Waals surface area contributed by atoms with E-state index in [2.05, 4.69) is 42.0 Å². The maximum absolute atomic E-state index is 3.52. The van der Waals surface area contributed by atoms with Crippen LogP contribution in [-0.2, 0) is 13.0 Å². The number of fused-ring (bicyclic) bond motifs is 1. The SMILES string of the molecule is CSC(C)CNCc1cccc2c1NCC2. The van der Waals surface area contributed by atoms with Gasteiger partial charge in [0, 0.05) is 30.6 Å². The molecule has 0 saturated carbocycles. The Balaban J connectivity index is 1.92. The van der Waals surface area contributed by atoms with Gasteiger partial charge in [-0.1, -0.05) is 25.1 Å². The molecule has 0 amide bonds. The van der Waals surface area contributed by atoms with Crippen LogP contribution in [0.25, 0.3) is 0 Å². The van der Waals surface area contributed by atoms with Crippen LogP contribution < -0.4 is 10.6 Å². The van der Waals surface area contributed by atoms with Crippen LogP contribution in [0.15, 0.2) is 18.2 Å². The number of thioether (sulfide) groups is 1. The first kappa shape index (κ1) is 11.8. The molecule has 0 aromatic heterocycles. The Bertz CT molecular complexity index is 352. The number of nitrogens with one attached hydrogen (secondary N) is 2. The summed E-state index contributed by atoms with van der Waals surface area (Å²) >= 11 is 1.91. The highest BCUT2D eigenvalue weighted by atomic mass is 32.2. The molecule has 1 aliphatic rings. The third-order valence-corrected chi connectivity index (χ3v) is 4.05. The van der Waals surface area contributed by atoms with Crippen LogP contribution in [0.3, 0.4) is 0 Å². The zero-order chi connectivity index (χ0) is 11.4. The first-order chi connectivity index (χ1) is 7.81. The molecule has 88 valence electrons. The van der Waals surface area contributed by atoms with E-state index in [4.69, 9.17) is 0 Å². The summed E-state index contributed by atoms with van der Waals surface area (Å²) in [6.07, 6.45) is 3.33. The summed E-state index contributed by atoms with van der Waals surface area (Å²) in [5.74, 6) is 0. The van der Waals surface area contributed by atoms with Crippen molar-refractivity contribution < 1.29 is 0 Å². The van der Waals surface area contributed by atoms with Crippen LogP contribution in [0.5, 0.6) is 0 Å². The molecule has 0 radical (unpaired) electrons. The van der Waals surface area contributed by atoms with Crippen LogP contribution in [0.1, 0.15) is 18.1 Å². The van der Waals surface area contributed by atoms with E-state index >= 15 is 0 Å². The lowest BCUT2D eigenvalue weighted by Gasteiger charge is -2.12. The first-order valence-electron chi connectivity index (χ1n) is 5.89. The van der Waals surface area contributed by atoms with Gasteiger partial charge < -0.3 is 10.6 Å². The molecule has 1 aliphatic heterocycles. The van der Waals surface area contributed by atoms with Crippen molar-refractivity contribution >= 4 is 17.4 Å². The summed E-state index contributed by atoms with van der Waals surface area (Å²) < 4.78 is 0. The first-order valence-corrected chi connectivity index (χ1v) is 7.18. The summed E-state index contributed by atoms with van der Waals surface area (Å²) in [4.78, 5) is 0. The van der Waals surface area contributed by atoms with Gasteiger partial charge in [0.25, 0.3) is 0 Å². The maximum atomic E-state index is 3.52. The van der Waals surface area contributed by atoms with Crippen LogP contribution in [-0.4, -0.2) is 24.6 Å². The molecule has 0 spiro atoms. The van der Waals surface area contributed by atoms with Crippen molar-refractivity contribution in [1.82, 2.24) is 5.32 Å². The van der Waals surface area contributed by atoms with Gasteiger partial charge in [-0.15, -0.1) is 0 Å². The molecular weight excluding hydrogens is 216 g/mol. The minimum atomic E-state index is 0.685. The summed E-state index contributed by atoms with van der Waals surface area (Å²) in [5, 5.41) is 7.68. The summed E-state index contributed by atoms with van der Waals surface area (Å²) in [6, 6.07) is 6.61. The Hall–Kier alpha value is -0.670. The summed E-state index contributed by atoms with van der Waals surface area (Å²) in [7, 11) is 0. The standard InChI is InChI=1S/C13H20N2S/c1-10(16-2)8-14-9-12-5-3-4-11-6-7-15-13(11)12/h3-5,10,14-15H,6-9H2,1-2H3. The molecule has 1 atom stereocenters. The molecule has 1 heterocycles.